The lowest BCUT2D eigenvalue weighted by molar-refractivity contribution is -0.141. The summed E-state index contributed by atoms with van der Waals surface area (Å²) >= 11 is 0. The molecule has 1 aromatic carbocycles. The van der Waals surface area contributed by atoms with Gasteiger partial charge in [0.2, 0.25) is 5.91 Å². The molecule has 0 aromatic heterocycles. The molecule has 10 heteroatoms. The summed E-state index contributed by atoms with van der Waals surface area (Å²) in [7, 11) is -3.44. The lowest BCUT2D eigenvalue weighted by atomic mass is 9.85. The topological polar surface area (TPSA) is 75.7 Å². The number of nitrogens with one attached hydrogen (secondary N) is 1. The van der Waals surface area contributed by atoms with E-state index in [1.807, 2.05) is 0 Å². The van der Waals surface area contributed by atoms with Crippen molar-refractivity contribution in [3.63, 3.8) is 0 Å². The molecule has 1 N–H and O–H groups in total. The van der Waals surface area contributed by atoms with Crippen LogP contribution in [0.15, 0.2) is 18.2 Å². The fourth-order valence-corrected chi connectivity index (χ4v) is 6.99. The number of sulfone groups is 1. The molecule has 1 aliphatic carbocycles. The van der Waals surface area contributed by atoms with E-state index in [1.54, 1.807) is 4.90 Å². The summed E-state index contributed by atoms with van der Waals surface area (Å²) < 4.78 is 69.5. The van der Waals surface area contributed by atoms with Crippen LogP contribution in [0.4, 0.5) is 13.2 Å². The number of fused-ring (bicyclic) bond motifs is 1. The van der Waals surface area contributed by atoms with Gasteiger partial charge in [-0.15, -0.1) is 0 Å². The van der Waals surface area contributed by atoms with Gasteiger partial charge in [0.25, 0.3) is 0 Å². The van der Waals surface area contributed by atoms with Crippen molar-refractivity contribution in [3.05, 3.63) is 34.9 Å². The van der Waals surface area contributed by atoms with Crippen LogP contribution in [-0.4, -0.2) is 63.1 Å². The number of nitrogens with zero attached hydrogens (tertiary/aromatic N) is 1. The third-order valence-corrected chi connectivity index (χ3v) is 8.20. The van der Waals surface area contributed by atoms with Crippen LogP contribution < -0.4 is 5.32 Å². The van der Waals surface area contributed by atoms with E-state index in [2.05, 4.69) is 5.32 Å². The van der Waals surface area contributed by atoms with Crippen molar-refractivity contribution < 1.29 is 31.1 Å². The maximum absolute atomic E-state index is 13.7. The highest BCUT2D eigenvalue weighted by Gasteiger charge is 2.49. The van der Waals surface area contributed by atoms with Gasteiger partial charge in [-0.3, -0.25) is 4.79 Å². The van der Waals surface area contributed by atoms with Crippen molar-refractivity contribution >= 4 is 15.7 Å². The van der Waals surface area contributed by atoms with E-state index in [9.17, 15) is 26.4 Å². The zero-order valence-electron chi connectivity index (χ0n) is 18.8. The second kappa shape index (κ2) is 9.19. The normalized spacial score (nSPS) is 26.9. The number of carbonyl (C=O) groups excluding carboxylic acids is 1. The average molecular weight is 489 g/mol. The van der Waals surface area contributed by atoms with Crippen LogP contribution in [0.2, 0.25) is 0 Å². The summed E-state index contributed by atoms with van der Waals surface area (Å²) in [5.41, 5.74) is -0.498. The molecule has 1 saturated heterocycles. The smallest absolute Gasteiger partial charge is 0.381 e. The van der Waals surface area contributed by atoms with Crippen molar-refractivity contribution in [2.24, 2.45) is 5.41 Å². The van der Waals surface area contributed by atoms with Crippen LogP contribution in [0.1, 0.15) is 48.8 Å². The monoisotopic (exact) mass is 488 g/mol. The van der Waals surface area contributed by atoms with Gasteiger partial charge in [0.1, 0.15) is 9.84 Å². The second-order valence-electron chi connectivity index (χ2n) is 9.80. The standard InChI is InChI=1S/C23H31F3N2O4S/c1-33(30,31)15-22(8-4-20(13-22)27-19-6-10-32-11-7-19)21(29)28-9-5-16-2-3-18(23(24,25)26)12-17(16)14-28/h2-3,12,19-20,27H,4-11,13-15H2,1H3/t20-,22+/m1/s1. The van der Waals surface area contributed by atoms with Crippen LogP contribution >= 0.6 is 0 Å². The predicted octanol–water partition coefficient (Wildman–Crippen LogP) is 2.94. The Bertz CT molecular complexity index is 992. The van der Waals surface area contributed by atoms with E-state index >= 15 is 0 Å². The third-order valence-electron chi connectivity index (χ3n) is 7.13. The molecular weight excluding hydrogens is 457 g/mol. The first-order valence-corrected chi connectivity index (χ1v) is 13.5. The highest BCUT2D eigenvalue weighted by molar-refractivity contribution is 7.90. The Morgan fingerprint density at radius 1 is 1.18 bits per heavy atom. The molecule has 2 atom stereocenters. The van der Waals surface area contributed by atoms with Gasteiger partial charge in [0.15, 0.2) is 0 Å². The number of hydrogen-bond donors (Lipinski definition) is 1. The molecule has 0 radical (unpaired) electrons. The number of amides is 1. The van der Waals surface area contributed by atoms with Crippen molar-refractivity contribution in [1.82, 2.24) is 10.2 Å². The molecule has 1 saturated carbocycles. The Balaban J connectivity index is 1.53. The zero-order chi connectivity index (χ0) is 23.9. The van der Waals surface area contributed by atoms with Gasteiger partial charge in [-0.25, -0.2) is 8.42 Å². The molecule has 33 heavy (non-hydrogen) atoms. The molecule has 0 unspecified atom stereocenters. The molecule has 4 rings (SSSR count). The third kappa shape index (κ3) is 5.71. The van der Waals surface area contributed by atoms with Gasteiger partial charge in [-0.05, 0) is 61.8 Å². The summed E-state index contributed by atoms with van der Waals surface area (Å²) in [6.07, 6.45) is 0.477. The van der Waals surface area contributed by atoms with Crippen molar-refractivity contribution in [3.8, 4) is 0 Å². The lowest BCUT2D eigenvalue weighted by Gasteiger charge is -2.37. The number of hydrogen-bond acceptors (Lipinski definition) is 5. The molecule has 0 spiro atoms. The van der Waals surface area contributed by atoms with Crippen molar-refractivity contribution in [1.29, 1.82) is 0 Å². The predicted molar refractivity (Wildman–Crippen MR) is 117 cm³/mol. The van der Waals surface area contributed by atoms with Gasteiger partial charge in [0, 0.05) is 44.6 Å². The molecule has 2 aliphatic heterocycles. The Kier molecular flexibility index (Phi) is 6.81. The summed E-state index contributed by atoms with van der Waals surface area (Å²) in [6.45, 7) is 1.82. The molecule has 184 valence electrons. The maximum Gasteiger partial charge on any atom is 0.416 e. The zero-order valence-corrected chi connectivity index (χ0v) is 19.6. The fourth-order valence-electron chi connectivity index (χ4n) is 5.60. The van der Waals surface area contributed by atoms with Gasteiger partial charge in [-0.2, -0.15) is 13.2 Å². The highest BCUT2D eigenvalue weighted by Crippen LogP contribution is 2.43. The van der Waals surface area contributed by atoms with Gasteiger partial charge >= 0.3 is 6.18 Å². The maximum atomic E-state index is 13.7. The molecule has 2 heterocycles. The van der Waals surface area contributed by atoms with E-state index in [4.69, 9.17) is 4.74 Å². The minimum Gasteiger partial charge on any atom is -0.381 e. The Labute approximate surface area is 192 Å². The van der Waals surface area contributed by atoms with E-state index in [-0.39, 0.29) is 30.3 Å². The lowest BCUT2D eigenvalue weighted by Crippen LogP contribution is -2.49. The van der Waals surface area contributed by atoms with Crippen LogP contribution in [0.3, 0.4) is 0 Å². The van der Waals surface area contributed by atoms with E-state index < -0.39 is 27.0 Å². The van der Waals surface area contributed by atoms with Crippen molar-refractivity contribution in [2.75, 3.05) is 31.8 Å². The molecule has 2 fully saturated rings. The number of ether oxygens (including phenoxy) is 1. The average Bonchev–Trinajstić information content (AvgIpc) is 3.14. The van der Waals surface area contributed by atoms with E-state index in [0.717, 1.165) is 36.8 Å². The minimum absolute atomic E-state index is 0.0349. The Hall–Kier alpha value is -1.65. The van der Waals surface area contributed by atoms with E-state index in [0.29, 0.717) is 51.0 Å². The quantitative estimate of drug-likeness (QED) is 0.690. The second-order valence-corrected chi connectivity index (χ2v) is 11.9. The summed E-state index contributed by atoms with van der Waals surface area (Å²) in [6, 6.07) is 3.99. The number of alkyl halides is 3. The SMILES string of the molecule is CS(=O)(=O)C[C@]1(C(=O)N2CCc3ccc(C(F)(F)F)cc3C2)CC[C@@H](NC2CCOCC2)C1. The fraction of sp³-hybridized carbons (Fsp3) is 0.696. The first kappa shape index (κ1) is 24.5. The van der Waals surface area contributed by atoms with Crippen LogP contribution in [-0.2, 0) is 38.5 Å². The largest absolute Gasteiger partial charge is 0.416 e. The van der Waals surface area contributed by atoms with E-state index in [1.165, 1.54) is 6.07 Å². The summed E-state index contributed by atoms with van der Waals surface area (Å²) in [4.78, 5) is 15.3. The molecule has 1 aromatic rings. The molecule has 1 amide bonds. The number of halogens is 3. The molecule has 0 bridgehead atoms. The van der Waals surface area contributed by atoms with Crippen LogP contribution in [0.5, 0.6) is 0 Å². The molecule has 3 aliphatic rings. The van der Waals surface area contributed by atoms with Gasteiger partial charge in [-0.1, -0.05) is 6.07 Å². The first-order valence-electron chi connectivity index (χ1n) is 11.5. The van der Waals surface area contributed by atoms with Gasteiger partial charge < -0.3 is 15.0 Å². The van der Waals surface area contributed by atoms with Crippen LogP contribution in [0.25, 0.3) is 0 Å². The minimum atomic E-state index is -4.45. The number of benzene rings is 1. The first-order chi connectivity index (χ1) is 15.5. The number of carbonyl (C=O) groups is 1. The molecular formula is C23H31F3N2O4S. The summed E-state index contributed by atoms with van der Waals surface area (Å²) in [5, 5.41) is 3.59. The van der Waals surface area contributed by atoms with Gasteiger partial charge in [0.05, 0.1) is 16.7 Å². The Morgan fingerprint density at radius 3 is 2.58 bits per heavy atom. The highest BCUT2D eigenvalue weighted by atomic mass is 32.2. The number of rotatable bonds is 5. The van der Waals surface area contributed by atoms with Crippen LogP contribution in [0, 0.1) is 5.41 Å². The Morgan fingerprint density at radius 2 is 1.91 bits per heavy atom. The molecule has 6 nitrogen and oxygen atoms in total. The van der Waals surface area contributed by atoms with Crippen molar-refractivity contribution in [2.45, 2.75) is 63.3 Å². The summed E-state index contributed by atoms with van der Waals surface area (Å²) in [5.74, 6) is -0.497.